The van der Waals surface area contributed by atoms with Crippen molar-refractivity contribution < 1.29 is 9.90 Å². The summed E-state index contributed by atoms with van der Waals surface area (Å²) in [4.78, 5) is 19.3. The number of aromatic nitrogens is 2. The van der Waals surface area contributed by atoms with Crippen molar-refractivity contribution in [3.63, 3.8) is 0 Å². The lowest BCUT2D eigenvalue weighted by atomic mass is 9.94. The Morgan fingerprint density at radius 2 is 1.96 bits per heavy atom. The Bertz CT molecular complexity index is 724. The molecule has 0 radical (unpaired) electrons. The molecule has 1 aromatic carbocycles. The van der Waals surface area contributed by atoms with E-state index in [-0.39, 0.29) is 12.5 Å². The molecule has 1 fully saturated rings. The number of likely N-dealkylation sites (N-methyl/N-ethyl adjacent to an activating group) is 1. The van der Waals surface area contributed by atoms with E-state index in [1.54, 1.807) is 13.8 Å². The molecule has 5 heteroatoms. The maximum absolute atomic E-state index is 12.8. The molecule has 1 saturated carbocycles. The van der Waals surface area contributed by atoms with Gasteiger partial charge >= 0.3 is 0 Å². The number of rotatable bonds is 4. The number of para-hydroxylation sites is 2. The Morgan fingerprint density at radius 3 is 2.62 bits per heavy atom. The third-order valence-electron chi connectivity index (χ3n) is 5.01. The van der Waals surface area contributed by atoms with Gasteiger partial charge < -0.3 is 14.6 Å². The highest BCUT2D eigenvalue weighted by Crippen LogP contribution is 2.26. The second-order valence-corrected chi connectivity index (χ2v) is 7.37. The maximum Gasteiger partial charge on any atom is 0.242 e. The van der Waals surface area contributed by atoms with E-state index >= 15 is 0 Å². The van der Waals surface area contributed by atoms with Gasteiger partial charge in [-0.1, -0.05) is 31.4 Å². The zero-order valence-corrected chi connectivity index (χ0v) is 14.8. The van der Waals surface area contributed by atoms with Crippen LogP contribution in [0.1, 0.15) is 51.8 Å². The molecule has 24 heavy (non-hydrogen) atoms. The van der Waals surface area contributed by atoms with Crippen LogP contribution < -0.4 is 0 Å². The number of imidazole rings is 1. The number of aliphatic hydroxyl groups is 1. The molecule has 130 valence electrons. The Kier molecular flexibility index (Phi) is 4.63. The molecule has 1 aliphatic rings. The summed E-state index contributed by atoms with van der Waals surface area (Å²) in [5.74, 6) is 0.615. The highest BCUT2D eigenvalue weighted by atomic mass is 16.3. The van der Waals surface area contributed by atoms with Crippen LogP contribution in [0.5, 0.6) is 0 Å². The maximum atomic E-state index is 12.8. The van der Waals surface area contributed by atoms with Crippen LogP contribution in [0.25, 0.3) is 11.0 Å². The number of fused-ring (bicyclic) bond motifs is 1. The number of nitrogens with zero attached hydrogens (tertiary/aromatic N) is 3. The van der Waals surface area contributed by atoms with Gasteiger partial charge in [0.05, 0.1) is 11.0 Å². The fraction of sp³-hybridized carbons (Fsp3) is 0.579. The summed E-state index contributed by atoms with van der Waals surface area (Å²) in [6.07, 6.45) is 5.85. The number of hydrogen-bond acceptors (Lipinski definition) is 3. The normalized spacial score (nSPS) is 16.5. The lowest BCUT2D eigenvalue weighted by molar-refractivity contribution is -0.133. The highest BCUT2D eigenvalue weighted by molar-refractivity contribution is 5.81. The van der Waals surface area contributed by atoms with Gasteiger partial charge in [-0.2, -0.15) is 0 Å². The first-order valence-corrected chi connectivity index (χ1v) is 8.81. The predicted molar refractivity (Wildman–Crippen MR) is 94.6 cm³/mol. The van der Waals surface area contributed by atoms with Crippen molar-refractivity contribution in [3.05, 3.63) is 30.1 Å². The summed E-state index contributed by atoms with van der Waals surface area (Å²) in [5.41, 5.74) is 0.602. The minimum Gasteiger partial charge on any atom is -0.383 e. The monoisotopic (exact) mass is 329 g/mol. The Balaban J connectivity index is 1.89. The van der Waals surface area contributed by atoms with Crippen LogP contribution in [0.15, 0.2) is 24.3 Å². The average Bonchev–Trinajstić information content (AvgIpc) is 2.94. The summed E-state index contributed by atoms with van der Waals surface area (Å²) in [6, 6.07) is 8.06. The molecule has 0 saturated heterocycles. The van der Waals surface area contributed by atoms with E-state index in [1.165, 1.54) is 19.3 Å². The van der Waals surface area contributed by atoms with Gasteiger partial charge in [-0.05, 0) is 38.8 Å². The van der Waals surface area contributed by atoms with Gasteiger partial charge in [0.25, 0.3) is 0 Å². The van der Waals surface area contributed by atoms with E-state index < -0.39 is 5.60 Å². The quantitative estimate of drug-likeness (QED) is 0.938. The Morgan fingerprint density at radius 1 is 1.29 bits per heavy atom. The molecule has 1 heterocycles. The van der Waals surface area contributed by atoms with Crippen LogP contribution in [0, 0.1) is 0 Å². The minimum atomic E-state index is -1.09. The SMILES string of the molecule is CN(C(=O)Cn1c(C(C)(C)O)nc2ccccc21)C1CCCCC1. The molecule has 1 aliphatic carbocycles. The zero-order chi connectivity index (χ0) is 17.3. The van der Waals surface area contributed by atoms with Crippen molar-refractivity contribution >= 4 is 16.9 Å². The van der Waals surface area contributed by atoms with Crippen LogP contribution >= 0.6 is 0 Å². The predicted octanol–water partition coefficient (Wildman–Crippen LogP) is 3.05. The number of carbonyl (C=O) groups is 1. The van der Waals surface area contributed by atoms with Crippen LogP contribution in [0.2, 0.25) is 0 Å². The first kappa shape index (κ1) is 17.0. The van der Waals surface area contributed by atoms with E-state index in [1.807, 2.05) is 40.8 Å². The Hall–Kier alpha value is -1.88. The number of benzene rings is 1. The second kappa shape index (κ2) is 6.55. The van der Waals surface area contributed by atoms with E-state index in [2.05, 4.69) is 4.98 Å². The first-order chi connectivity index (χ1) is 11.4. The molecule has 0 unspecified atom stereocenters. The molecule has 5 nitrogen and oxygen atoms in total. The van der Waals surface area contributed by atoms with Crippen molar-refractivity contribution in [3.8, 4) is 0 Å². The van der Waals surface area contributed by atoms with E-state index in [0.717, 1.165) is 23.9 Å². The molecule has 1 aromatic heterocycles. The van der Waals surface area contributed by atoms with Gasteiger partial charge in [0.1, 0.15) is 18.0 Å². The fourth-order valence-corrected chi connectivity index (χ4v) is 3.62. The third kappa shape index (κ3) is 3.31. The summed E-state index contributed by atoms with van der Waals surface area (Å²) in [7, 11) is 1.90. The number of amides is 1. The van der Waals surface area contributed by atoms with Crippen molar-refractivity contribution in [2.75, 3.05) is 7.05 Å². The third-order valence-corrected chi connectivity index (χ3v) is 5.01. The standard InChI is InChI=1S/C19H27N3O2/c1-19(2,24)18-20-15-11-7-8-12-16(15)22(18)13-17(23)21(3)14-9-5-4-6-10-14/h7-8,11-12,14,24H,4-6,9-10,13H2,1-3H3. The lowest BCUT2D eigenvalue weighted by Gasteiger charge is -2.31. The number of carbonyl (C=O) groups excluding carboxylic acids is 1. The molecule has 0 aliphatic heterocycles. The molecular formula is C19H27N3O2. The van der Waals surface area contributed by atoms with E-state index in [4.69, 9.17) is 0 Å². The second-order valence-electron chi connectivity index (χ2n) is 7.37. The van der Waals surface area contributed by atoms with Crippen LogP contribution in [0.4, 0.5) is 0 Å². The molecule has 2 aromatic rings. The van der Waals surface area contributed by atoms with Gasteiger partial charge in [-0.15, -0.1) is 0 Å². The van der Waals surface area contributed by atoms with Crippen LogP contribution in [-0.2, 0) is 16.9 Å². The van der Waals surface area contributed by atoms with Crippen molar-refractivity contribution in [1.82, 2.24) is 14.5 Å². The lowest BCUT2D eigenvalue weighted by Crippen LogP contribution is -2.40. The molecule has 1 amide bonds. The van der Waals surface area contributed by atoms with Gasteiger partial charge in [-0.25, -0.2) is 4.98 Å². The van der Waals surface area contributed by atoms with Crippen LogP contribution in [0.3, 0.4) is 0 Å². The molecule has 0 atom stereocenters. The molecular weight excluding hydrogens is 302 g/mol. The van der Waals surface area contributed by atoms with Gasteiger partial charge in [-0.3, -0.25) is 4.79 Å². The van der Waals surface area contributed by atoms with Crippen molar-refractivity contribution in [1.29, 1.82) is 0 Å². The largest absolute Gasteiger partial charge is 0.383 e. The molecule has 0 spiro atoms. The zero-order valence-electron chi connectivity index (χ0n) is 14.8. The summed E-state index contributed by atoms with van der Waals surface area (Å²) < 4.78 is 1.86. The van der Waals surface area contributed by atoms with E-state index in [9.17, 15) is 9.90 Å². The Labute approximate surface area is 143 Å². The van der Waals surface area contributed by atoms with Crippen molar-refractivity contribution in [2.45, 2.75) is 64.1 Å². The van der Waals surface area contributed by atoms with Crippen LogP contribution in [-0.4, -0.2) is 38.6 Å². The fourth-order valence-electron chi connectivity index (χ4n) is 3.62. The van der Waals surface area contributed by atoms with Gasteiger partial charge in [0, 0.05) is 13.1 Å². The van der Waals surface area contributed by atoms with Gasteiger partial charge in [0.15, 0.2) is 0 Å². The molecule has 0 bridgehead atoms. The molecule has 1 N–H and O–H groups in total. The number of hydrogen-bond donors (Lipinski definition) is 1. The molecule has 3 rings (SSSR count). The smallest absolute Gasteiger partial charge is 0.242 e. The summed E-state index contributed by atoms with van der Waals surface area (Å²) >= 11 is 0. The van der Waals surface area contributed by atoms with Gasteiger partial charge in [0.2, 0.25) is 5.91 Å². The first-order valence-electron chi connectivity index (χ1n) is 8.81. The topological polar surface area (TPSA) is 58.4 Å². The minimum absolute atomic E-state index is 0.0792. The summed E-state index contributed by atoms with van der Waals surface area (Å²) in [6.45, 7) is 3.63. The highest BCUT2D eigenvalue weighted by Gasteiger charge is 2.28. The van der Waals surface area contributed by atoms with E-state index in [0.29, 0.717) is 11.9 Å². The summed E-state index contributed by atoms with van der Waals surface area (Å²) in [5, 5.41) is 10.5. The van der Waals surface area contributed by atoms with Crippen molar-refractivity contribution in [2.24, 2.45) is 0 Å². The average molecular weight is 329 g/mol.